The van der Waals surface area contributed by atoms with Crippen molar-refractivity contribution >= 4 is 5.97 Å². The highest BCUT2D eigenvalue weighted by Crippen LogP contribution is 2.14. The first kappa shape index (κ1) is 18.2. The van der Waals surface area contributed by atoms with Gasteiger partial charge in [0.25, 0.3) is 0 Å². The fourth-order valence-electron chi connectivity index (χ4n) is 2.65. The van der Waals surface area contributed by atoms with Crippen molar-refractivity contribution in [3.63, 3.8) is 0 Å². The molecule has 0 aliphatic heterocycles. The first-order valence-corrected chi connectivity index (χ1v) is 8.80. The van der Waals surface area contributed by atoms with E-state index in [0.29, 0.717) is 17.5 Å². The number of rotatable bonds is 5. The lowest BCUT2D eigenvalue weighted by Crippen LogP contribution is -2.19. The zero-order valence-electron chi connectivity index (χ0n) is 15.0. The SMILES string of the molecule is C=CC(Cc1ccccc1)OC(=O)c1ccccc1C#Cc1ccccc1. The molecule has 2 heteroatoms. The first-order chi connectivity index (χ1) is 13.3. The third-order valence-corrected chi connectivity index (χ3v) is 4.06. The van der Waals surface area contributed by atoms with E-state index in [1.54, 1.807) is 12.1 Å². The second-order valence-corrected chi connectivity index (χ2v) is 6.03. The van der Waals surface area contributed by atoms with E-state index < -0.39 is 12.1 Å². The van der Waals surface area contributed by atoms with Crippen molar-refractivity contribution in [2.24, 2.45) is 0 Å². The van der Waals surface area contributed by atoms with Crippen LogP contribution in [0.1, 0.15) is 27.0 Å². The highest BCUT2D eigenvalue weighted by atomic mass is 16.5. The number of carbonyl (C=O) groups is 1. The Morgan fingerprint density at radius 1 is 0.889 bits per heavy atom. The minimum absolute atomic E-state index is 0.393. The van der Waals surface area contributed by atoms with Gasteiger partial charge in [0, 0.05) is 17.5 Å². The highest BCUT2D eigenvalue weighted by molar-refractivity contribution is 5.92. The molecular formula is C25H20O2. The summed E-state index contributed by atoms with van der Waals surface area (Å²) in [7, 11) is 0. The second kappa shape index (κ2) is 9.22. The lowest BCUT2D eigenvalue weighted by atomic mass is 10.1. The summed E-state index contributed by atoms with van der Waals surface area (Å²) in [6.45, 7) is 3.80. The van der Waals surface area contributed by atoms with E-state index in [-0.39, 0.29) is 0 Å². The van der Waals surface area contributed by atoms with Crippen molar-refractivity contribution in [2.75, 3.05) is 0 Å². The average Bonchev–Trinajstić information content (AvgIpc) is 2.73. The standard InChI is InChI=1S/C25H20O2/c1-2-23(19-21-13-7-4-8-14-21)27-25(26)24-16-10-9-15-22(24)18-17-20-11-5-3-6-12-20/h2-16,23H,1,19H2. The molecule has 0 amide bonds. The van der Waals surface area contributed by atoms with Crippen LogP contribution in [0.3, 0.4) is 0 Å². The Labute approximate surface area is 160 Å². The molecule has 27 heavy (non-hydrogen) atoms. The summed E-state index contributed by atoms with van der Waals surface area (Å²) in [6.07, 6.45) is 1.85. The minimum Gasteiger partial charge on any atom is -0.454 e. The molecule has 3 aromatic rings. The number of benzene rings is 3. The maximum atomic E-state index is 12.7. The highest BCUT2D eigenvalue weighted by Gasteiger charge is 2.16. The summed E-state index contributed by atoms with van der Waals surface area (Å²) in [4.78, 5) is 12.7. The zero-order valence-corrected chi connectivity index (χ0v) is 15.0. The van der Waals surface area contributed by atoms with Gasteiger partial charge >= 0.3 is 5.97 Å². The summed E-state index contributed by atoms with van der Waals surface area (Å²) >= 11 is 0. The van der Waals surface area contributed by atoms with Crippen molar-refractivity contribution in [2.45, 2.75) is 12.5 Å². The van der Waals surface area contributed by atoms with Gasteiger partial charge in [-0.3, -0.25) is 0 Å². The fraction of sp³-hybridized carbons (Fsp3) is 0.0800. The maximum absolute atomic E-state index is 12.7. The Balaban J connectivity index is 1.77. The lowest BCUT2D eigenvalue weighted by Gasteiger charge is -2.15. The van der Waals surface area contributed by atoms with Gasteiger partial charge in [0.15, 0.2) is 0 Å². The van der Waals surface area contributed by atoms with E-state index in [0.717, 1.165) is 11.1 Å². The van der Waals surface area contributed by atoms with Gasteiger partial charge < -0.3 is 4.74 Å². The first-order valence-electron chi connectivity index (χ1n) is 8.80. The van der Waals surface area contributed by atoms with Crippen LogP contribution in [0.5, 0.6) is 0 Å². The van der Waals surface area contributed by atoms with Gasteiger partial charge in [-0.25, -0.2) is 4.79 Å². The monoisotopic (exact) mass is 352 g/mol. The molecule has 0 saturated heterocycles. The summed E-state index contributed by atoms with van der Waals surface area (Å²) in [5.41, 5.74) is 3.09. The molecule has 132 valence electrons. The van der Waals surface area contributed by atoms with E-state index >= 15 is 0 Å². The van der Waals surface area contributed by atoms with Crippen LogP contribution in [-0.2, 0) is 11.2 Å². The van der Waals surface area contributed by atoms with Crippen LogP contribution in [-0.4, -0.2) is 12.1 Å². The van der Waals surface area contributed by atoms with Gasteiger partial charge in [0.2, 0.25) is 0 Å². The number of esters is 1. The van der Waals surface area contributed by atoms with Crippen LogP contribution in [0.15, 0.2) is 97.6 Å². The molecule has 0 heterocycles. The predicted octanol–water partition coefficient (Wildman–Crippen LogP) is 5.04. The van der Waals surface area contributed by atoms with Gasteiger partial charge in [-0.05, 0) is 29.8 Å². The molecule has 0 aliphatic carbocycles. The molecular weight excluding hydrogens is 332 g/mol. The summed E-state index contributed by atoms with van der Waals surface area (Å²) in [6, 6.07) is 26.8. The molecule has 3 rings (SSSR count). The van der Waals surface area contributed by atoms with Crippen molar-refractivity contribution < 1.29 is 9.53 Å². The Morgan fingerprint density at radius 2 is 1.52 bits per heavy atom. The van der Waals surface area contributed by atoms with Crippen molar-refractivity contribution in [1.82, 2.24) is 0 Å². The van der Waals surface area contributed by atoms with Gasteiger partial charge in [-0.2, -0.15) is 0 Å². The van der Waals surface area contributed by atoms with Crippen LogP contribution in [0.4, 0.5) is 0 Å². The molecule has 1 atom stereocenters. The van der Waals surface area contributed by atoms with E-state index in [2.05, 4.69) is 18.4 Å². The molecule has 0 fully saturated rings. The van der Waals surface area contributed by atoms with Crippen LogP contribution < -0.4 is 0 Å². The van der Waals surface area contributed by atoms with Crippen LogP contribution in [0, 0.1) is 11.8 Å². The molecule has 0 spiro atoms. The van der Waals surface area contributed by atoms with E-state index in [1.165, 1.54) is 0 Å². The Bertz CT molecular complexity index is 963. The summed E-state index contributed by atoms with van der Waals surface area (Å²) < 4.78 is 5.66. The van der Waals surface area contributed by atoms with E-state index in [1.807, 2.05) is 78.9 Å². The number of carbonyl (C=O) groups excluding carboxylic acids is 1. The quantitative estimate of drug-likeness (QED) is 0.365. The molecule has 0 bridgehead atoms. The molecule has 0 radical (unpaired) electrons. The van der Waals surface area contributed by atoms with Gasteiger partial charge in [0.05, 0.1) is 5.56 Å². The van der Waals surface area contributed by atoms with Crippen molar-refractivity contribution in [3.8, 4) is 11.8 Å². The largest absolute Gasteiger partial charge is 0.454 e. The van der Waals surface area contributed by atoms with Crippen molar-refractivity contribution in [1.29, 1.82) is 0 Å². The predicted molar refractivity (Wildman–Crippen MR) is 108 cm³/mol. The van der Waals surface area contributed by atoms with Gasteiger partial charge in [-0.15, -0.1) is 0 Å². The van der Waals surface area contributed by atoms with E-state index in [4.69, 9.17) is 4.74 Å². The molecule has 2 nitrogen and oxygen atoms in total. The van der Waals surface area contributed by atoms with Crippen molar-refractivity contribution in [3.05, 3.63) is 120 Å². The normalized spacial score (nSPS) is 11.0. The maximum Gasteiger partial charge on any atom is 0.340 e. The number of hydrogen-bond acceptors (Lipinski definition) is 2. The number of hydrogen-bond donors (Lipinski definition) is 0. The summed E-state index contributed by atoms with van der Waals surface area (Å²) in [5, 5.41) is 0. The zero-order chi connectivity index (χ0) is 18.9. The minimum atomic E-state index is -0.395. The second-order valence-electron chi connectivity index (χ2n) is 6.03. The topological polar surface area (TPSA) is 26.3 Å². The molecule has 0 N–H and O–H groups in total. The molecule has 3 aromatic carbocycles. The molecule has 0 saturated carbocycles. The molecule has 0 aliphatic rings. The lowest BCUT2D eigenvalue weighted by molar-refractivity contribution is 0.0396. The fourth-order valence-corrected chi connectivity index (χ4v) is 2.65. The molecule has 1 unspecified atom stereocenters. The van der Waals surface area contributed by atoms with Crippen LogP contribution in [0.25, 0.3) is 0 Å². The Morgan fingerprint density at radius 3 is 2.22 bits per heavy atom. The smallest absolute Gasteiger partial charge is 0.340 e. The third kappa shape index (κ3) is 5.20. The van der Waals surface area contributed by atoms with Crippen LogP contribution in [0.2, 0.25) is 0 Å². The van der Waals surface area contributed by atoms with E-state index in [9.17, 15) is 4.79 Å². The number of ether oxygens (including phenoxy) is 1. The summed E-state index contributed by atoms with van der Waals surface area (Å²) in [5.74, 6) is 5.77. The molecule has 0 aromatic heterocycles. The third-order valence-electron chi connectivity index (χ3n) is 4.06. The Kier molecular flexibility index (Phi) is 6.22. The van der Waals surface area contributed by atoms with Gasteiger partial charge in [-0.1, -0.05) is 85.2 Å². The van der Waals surface area contributed by atoms with Crippen LogP contribution >= 0.6 is 0 Å². The average molecular weight is 352 g/mol. The van der Waals surface area contributed by atoms with Gasteiger partial charge in [0.1, 0.15) is 6.10 Å². The Hall–Kier alpha value is -3.57.